The summed E-state index contributed by atoms with van der Waals surface area (Å²) in [5.74, 6) is 15.3. The van der Waals surface area contributed by atoms with Crippen LogP contribution in [0.5, 0.6) is 0 Å². The predicted octanol–water partition coefficient (Wildman–Crippen LogP) is 29.1. The zero-order valence-corrected chi connectivity index (χ0v) is 81.3. The minimum Gasteiger partial charge on any atom is -0.458 e. The molecule has 21 saturated carbocycles. The minimum absolute atomic E-state index is 0.0468. The van der Waals surface area contributed by atoms with E-state index in [1.54, 1.807) is 0 Å². The topological polar surface area (TPSA) is 132 Å². The number of rotatable bonds is 29. The number of esters is 5. The summed E-state index contributed by atoms with van der Waals surface area (Å²) in [7, 11) is 0. The highest BCUT2D eigenvalue weighted by molar-refractivity contribution is 5.78. The molecule has 0 amide bonds. The van der Waals surface area contributed by atoms with E-state index < -0.39 is 0 Å². The van der Waals surface area contributed by atoms with E-state index in [2.05, 4.69) is 118 Å². The summed E-state index contributed by atoms with van der Waals surface area (Å²) in [6.45, 7) is 54.6. The Morgan fingerprint density at radius 3 is 0.966 bits per heavy atom. The summed E-state index contributed by atoms with van der Waals surface area (Å²) >= 11 is 0. The van der Waals surface area contributed by atoms with Crippen molar-refractivity contribution < 1.29 is 47.7 Å². The van der Waals surface area contributed by atoms with E-state index >= 15 is 0 Å². The van der Waals surface area contributed by atoms with Crippen molar-refractivity contribution in [2.75, 3.05) is 0 Å². The van der Waals surface area contributed by atoms with E-state index in [9.17, 15) is 24.0 Å². The van der Waals surface area contributed by atoms with Crippen LogP contribution in [0, 0.1) is 168 Å². The summed E-state index contributed by atoms with van der Waals surface area (Å²) in [6, 6.07) is 0. The van der Waals surface area contributed by atoms with Crippen molar-refractivity contribution >= 4 is 29.8 Å². The molecule has 21 fully saturated rings. The normalized spacial score (nSPS) is 41.5. The van der Waals surface area contributed by atoms with E-state index in [0.29, 0.717) is 99.1 Å². The van der Waals surface area contributed by atoms with Gasteiger partial charge in [0.15, 0.2) is 0 Å². The summed E-state index contributed by atoms with van der Waals surface area (Å²) in [4.78, 5) is 65.0. The molecule has 118 heavy (non-hydrogen) atoms. The third-order valence-corrected chi connectivity index (χ3v) is 39.2. The van der Waals surface area contributed by atoms with Crippen molar-refractivity contribution in [3.8, 4) is 0 Å². The average molecular weight is 1640 g/mol. The van der Waals surface area contributed by atoms with Gasteiger partial charge in [0.25, 0.3) is 0 Å². The zero-order valence-electron chi connectivity index (χ0n) is 81.3. The van der Waals surface area contributed by atoms with Crippen molar-refractivity contribution in [2.24, 2.45) is 168 Å². The lowest BCUT2D eigenvalue weighted by molar-refractivity contribution is -0.246. The highest BCUT2D eigenvalue weighted by Gasteiger charge is 2.69. The van der Waals surface area contributed by atoms with Crippen LogP contribution in [0.1, 0.15) is 456 Å². The van der Waals surface area contributed by atoms with E-state index in [0.717, 1.165) is 92.8 Å². The lowest BCUT2D eigenvalue weighted by Crippen LogP contribution is -2.65. The van der Waals surface area contributed by atoms with Crippen molar-refractivity contribution in [3.63, 3.8) is 0 Å². The molecular formula is C108H184O10. The van der Waals surface area contributed by atoms with Gasteiger partial charge in [0, 0.05) is 11.8 Å². The van der Waals surface area contributed by atoms with Crippen LogP contribution in [0.4, 0.5) is 0 Å². The third kappa shape index (κ3) is 18.6. The Labute approximate surface area is 724 Å². The second-order valence-corrected chi connectivity index (χ2v) is 50.6. The Morgan fingerprint density at radius 2 is 0.636 bits per heavy atom. The van der Waals surface area contributed by atoms with Crippen LogP contribution in [0.15, 0.2) is 0 Å². The van der Waals surface area contributed by atoms with Crippen LogP contribution in [0.3, 0.4) is 0 Å². The number of carbonyl (C=O) groups excluding carboxylic acids is 5. The first-order chi connectivity index (χ1) is 55.3. The number of unbranched alkanes of at least 4 members (excludes halogenated alkanes) is 2. The summed E-state index contributed by atoms with van der Waals surface area (Å²) in [5.41, 5.74) is -0.926. The number of hydrogen-bond acceptors (Lipinski definition) is 10. The molecule has 0 aromatic rings. The van der Waals surface area contributed by atoms with Gasteiger partial charge in [-0.1, -0.05) is 142 Å². The van der Waals surface area contributed by atoms with Crippen LogP contribution in [0.2, 0.25) is 0 Å². The molecular weight excluding hydrogens is 1460 g/mol. The lowest BCUT2D eigenvalue weighted by Gasteiger charge is -2.65. The minimum atomic E-state index is -0.364. The van der Waals surface area contributed by atoms with Gasteiger partial charge in [-0.3, -0.25) is 24.0 Å². The standard InChI is InChI=1S/3C22H38O2.C21H34O2.C21H36O2/c1-7-20(4,5)19(23)24-22(9-8-15(2)3)17-10-16-11-18(22)14-21(6,12-16)13-17;1-7-9-15(3)22(24-19(23)20(4,5)8-2)17-10-16-11-18(22)14-21(6,12-16)13-17;1-6-8-9-10-22(24-19(23)20(3,4)7-2)17-11-16-12-18(22)15-21(5,13-16)14-17;1-4-20(2,3)19(22)23-21(16-7-5-6-8-16)17-10-14-9-15(12-17)13-18(21)11-14;1-6-14(3)13-21(23-19(22)20(4,5)7-2)17-9-15-8-16(11-17)12-18(21)10-15/h2*15-18H,7-14H2,1-6H3;16-18H,6-15H2,1-5H3;14-18H,4-13H2,1-3H3;14-18H,6-13H2,1-5H3. The van der Waals surface area contributed by atoms with Gasteiger partial charge in [-0.25, -0.2) is 0 Å². The van der Waals surface area contributed by atoms with Crippen LogP contribution in [-0.4, -0.2) is 57.9 Å². The van der Waals surface area contributed by atoms with Crippen molar-refractivity contribution in [2.45, 2.75) is 484 Å². The van der Waals surface area contributed by atoms with Gasteiger partial charge in [0.1, 0.15) is 28.0 Å². The molecule has 21 aliphatic carbocycles. The Morgan fingerprint density at radius 1 is 0.322 bits per heavy atom. The van der Waals surface area contributed by atoms with Gasteiger partial charge in [0.2, 0.25) is 0 Å². The Bertz CT molecular complexity index is 3300. The number of ether oxygens (including phenoxy) is 5. The maximum absolute atomic E-state index is 13.1. The molecule has 0 saturated heterocycles. The molecule has 0 aromatic heterocycles. The van der Waals surface area contributed by atoms with E-state index in [1.807, 2.05) is 55.4 Å². The van der Waals surface area contributed by atoms with Crippen molar-refractivity contribution in [1.29, 1.82) is 0 Å². The van der Waals surface area contributed by atoms with Gasteiger partial charge in [0.05, 0.1) is 27.1 Å². The monoisotopic (exact) mass is 1640 g/mol. The molecule has 0 radical (unpaired) electrons. The molecule has 21 aliphatic rings. The quantitative estimate of drug-likeness (QED) is 0.0405. The fraction of sp³-hybridized carbons (Fsp3) is 0.954. The van der Waals surface area contributed by atoms with Gasteiger partial charge in [-0.05, 0) is 442 Å². The Hall–Kier alpha value is -2.65. The maximum Gasteiger partial charge on any atom is 0.312 e. The fourth-order valence-electron chi connectivity index (χ4n) is 31.1. The Balaban J connectivity index is 0.000000136. The largest absolute Gasteiger partial charge is 0.458 e. The zero-order chi connectivity index (χ0) is 86.2. The van der Waals surface area contributed by atoms with Crippen LogP contribution in [-0.2, 0) is 47.7 Å². The van der Waals surface area contributed by atoms with Crippen LogP contribution < -0.4 is 0 Å². The summed E-state index contributed by atoms with van der Waals surface area (Å²) in [6.07, 6.45) is 54.4. The van der Waals surface area contributed by atoms with Gasteiger partial charge in [-0.15, -0.1) is 0 Å². The molecule has 10 heteroatoms. The first-order valence-corrected chi connectivity index (χ1v) is 51.4. The van der Waals surface area contributed by atoms with E-state index in [-0.39, 0.29) is 84.9 Å². The summed E-state index contributed by atoms with van der Waals surface area (Å²) < 4.78 is 32.8. The van der Waals surface area contributed by atoms with Crippen molar-refractivity contribution in [3.05, 3.63) is 0 Å². The highest BCUT2D eigenvalue weighted by atomic mass is 16.6. The van der Waals surface area contributed by atoms with E-state index in [1.165, 1.54) is 231 Å². The molecule has 0 aliphatic heterocycles. The molecule has 21 rings (SSSR count). The fourth-order valence-corrected chi connectivity index (χ4v) is 31.1. The molecule has 676 valence electrons. The second kappa shape index (κ2) is 35.9. The van der Waals surface area contributed by atoms with E-state index in [4.69, 9.17) is 23.7 Å². The van der Waals surface area contributed by atoms with Crippen LogP contribution >= 0.6 is 0 Å². The third-order valence-electron chi connectivity index (χ3n) is 39.2. The molecule has 0 N–H and O–H groups in total. The SMILES string of the molecule is CCC(C)(C)C(=O)OC1(C2CCCC2)C2CC3CC(C2)CC1C3.CCC(C)(C)C(=O)OC1(CCC(C)C)C2CC3CC1CC(C)(C3)C2.CCC(C)CC1(OC(=O)C(C)(C)CC)C2CC3CC(C2)CC1C3.CCCC(C)C1(OC(=O)C(C)(C)CC)C2CC3CC1CC(C)(C3)C2.CCCCCC1(OC(=O)C(C)(C)CC)C2CC3CC1CC(C)(C3)C2. The predicted molar refractivity (Wildman–Crippen MR) is 482 cm³/mol. The van der Waals surface area contributed by atoms with Crippen molar-refractivity contribution in [1.82, 2.24) is 0 Å². The lowest BCUT2D eigenvalue weighted by atomic mass is 9.43. The first-order valence-electron chi connectivity index (χ1n) is 51.4. The molecule has 8 atom stereocenters. The average Bonchev–Trinajstić information content (AvgIpc) is 0.818. The molecule has 0 heterocycles. The second-order valence-electron chi connectivity index (χ2n) is 50.6. The first kappa shape index (κ1) is 94.5. The smallest absolute Gasteiger partial charge is 0.312 e. The number of hydrogen-bond donors (Lipinski definition) is 0. The van der Waals surface area contributed by atoms with Crippen LogP contribution in [0.25, 0.3) is 0 Å². The number of carbonyl (C=O) groups is 5. The molecule has 0 spiro atoms. The molecule has 20 bridgehead atoms. The molecule has 8 unspecified atom stereocenters. The van der Waals surface area contributed by atoms with Gasteiger partial charge < -0.3 is 23.7 Å². The van der Waals surface area contributed by atoms with Gasteiger partial charge in [-0.2, -0.15) is 0 Å². The maximum atomic E-state index is 13.1. The van der Waals surface area contributed by atoms with Gasteiger partial charge >= 0.3 is 29.8 Å². The molecule has 10 nitrogen and oxygen atoms in total. The highest BCUT2D eigenvalue weighted by Crippen LogP contribution is 2.71. The molecule has 0 aromatic carbocycles. The summed E-state index contributed by atoms with van der Waals surface area (Å²) in [5, 5.41) is 0. The Kier molecular flexibility index (Phi) is 28.7.